The second-order valence-corrected chi connectivity index (χ2v) is 7.82. The summed E-state index contributed by atoms with van der Waals surface area (Å²) in [5.74, 6) is 0. The molecule has 2 rings (SSSR count). The smallest absolute Gasteiger partial charge is 0.319 e. The van der Waals surface area contributed by atoms with Crippen molar-refractivity contribution in [3.63, 3.8) is 0 Å². The summed E-state index contributed by atoms with van der Waals surface area (Å²) in [4.78, 5) is 12.3. The summed E-state index contributed by atoms with van der Waals surface area (Å²) in [6.07, 6.45) is 0. The summed E-state index contributed by atoms with van der Waals surface area (Å²) in [6, 6.07) is 11.0. The molecule has 0 fully saturated rings. The molecule has 0 saturated carbocycles. The van der Waals surface area contributed by atoms with Gasteiger partial charge in [-0.3, -0.25) is 0 Å². The first kappa shape index (κ1) is 19.2. The van der Waals surface area contributed by atoms with E-state index in [1.54, 1.807) is 19.1 Å². The van der Waals surface area contributed by atoms with Crippen LogP contribution in [0.25, 0.3) is 0 Å². The van der Waals surface area contributed by atoms with Crippen molar-refractivity contribution >= 4 is 33.3 Å². The molecule has 0 spiro atoms. The minimum absolute atomic E-state index is 0.0788. The van der Waals surface area contributed by atoms with E-state index < -0.39 is 16.1 Å². The predicted octanol–water partition coefficient (Wildman–Crippen LogP) is 3.44. The first-order valence-corrected chi connectivity index (χ1v) is 9.47. The summed E-state index contributed by atoms with van der Waals surface area (Å²) in [5, 5.41) is 6.03. The lowest BCUT2D eigenvalue weighted by atomic mass is 10.1. The van der Waals surface area contributed by atoms with Crippen LogP contribution in [0.4, 0.5) is 10.5 Å². The van der Waals surface area contributed by atoms with E-state index >= 15 is 0 Å². The molecule has 3 N–H and O–H groups in total. The molecule has 8 heteroatoms. The van der Waals surface area contributed by atoms with Crippen LogP contribution in [-0.2, 0) is 10.0 Å². The maximum absolute atomic E-state index is 12.3. The molecule has 2 aromatic carbocycles. The Balaban J connectivity index is 2.15. The van der Waals surface area contributed by atoms with Gasteiger partial charge in [0.05, 0.1) is 10.9 Å². The zero-order chi connectivity index (χ0) is 18.6. The van der Waals surface area contributed by atoms with Gasteiger partial charge in [0.15, 0.2) is 0 Å². The number of hydrogen-bond donors (Lipinski definition) is 3. The molecule has 0 radical (unpaired) electrons. The van der Waals surface area contributed by atoms with E-state index in [2.05, 4.69) is 15.4 Å². The van der Waals surface area contributed by atoms with Crippen LogP contribution in [0.5, 0.6) is 0 Å². The number of rotatable bonds is 5. The third kappa shape index (κ3) is 4.72. The highest BCUT2D eigenvalue weighted by molar-refractivity contribution is 7.89. The molecule has 0 bridgehead atoms. The number of halogens is 1. The molecule has 1 atom stereocenters. The van der Waals surface area contributed by atoms with Crippen LogP contribution in [0.15, 0.2) is 47.4 Å². The number of sulfonamides is 1. The van der Waals surface area contributed by atoms with Gasteiger partial charge in [0.2, 0.25) is 10.0 Å². The first-order chi connectivity index (χ1) is 11.7. The minimum atomic E-state index is -3.58. The van der Waals surface area contributed by atoms with Gasteiger partial charge in [0, 0.05) is 10.7 Å². The molecule has 25 heavy (non-hydrogen) atoms. The van der Waals surface area contributed by atoms with E-state index in [4.69, 9.17) is 11.6 Å². The molecule has 0 aliphatic carbocycles. The van der Waals surface area contributed by atoms with Crippen LogP contribution in [0, 0.1) is 6.92 Å². The molecule has 0 aliphatic rings. The monoisotopic (exact) mass is 381 g/mol. The predicted molar refractivity (Wildman–Crippen MR) is 99.4 cm³/mol. The lowest BCUT2D eigenvalue weighted by Crippen LogP contribution is -2.31. The number of carbonyl (C=O) groups is 1. The van der Waals surface area contributed by atoms with Crippen LogP contribution in [0.3, 0.4) is 0 Å². The van der Waals surface area contributed by atoms with Crippen molar-refractivity contribution in [3.8, 4) is 0 Å². The third-order valence-corrected chi connectivity index (χ3v) is 5.51. The summed E-state index contributed by atoms with van der Waals surface area (Å²) in [5.41, 5.74) is 1.96. The number of amides is 2. The summed E-state index contributed by atoms with van der Waals surface area (Å²) >= 11 is 6.13. The van der Waals surface area contributed by atoms with E-state index in [0.29, 0.717) is 10.7 Å². The van der Waals surface area contributed by atoms with Gasteiger partial charge in [-0.15, -0.1) is 0 Å². The van der Waals surface area contributed by atoms with Gasteiger partial charge in [-0.2, -0.15) is 0 Å². The van der Waals surface area contributed by atoms with Crippen LogP contribution in [0.1, 0.15) is 24.1 Å². The number of nitrogens with one attached hydrogen (secondary N) is 3. The summed E-state index contributed by atoms with van der Waals surface area (Å²) < 4.78 is 26.0. The Morgan fingerprint density at radius 2 is 1.84 bits per heavy atom. The van der Waals surface area contributed by atoms with Crippen LogP contribution < -0.4 is 15.4 Å². The Morgan fingerprint density at radius 1 is 1.16 bits per heavy atom. The fourth-order valence-electron chi connectivity index (χ4n) is 2.28. The fraction of sp³-hybridized carbons (Fsp3) is 0.235. The van der Waals surface area contributed by atoms with Gasteiger partial charge >= 0.3 is 6.03 Å². The molecular weight excluding hydrogens is 362 g/mol. The van der Waals surface area contributed by atoms with Crippen LogP contribution in [0.2, 0.25) is 5.02 Å². The van der Waals surface area contributed by atoms with E-state index in [1.165, 1.54) is 19.2 Å². The lowest BCUT2D eigenvalue weighted by Gasteiger charge is -2.17. The van der Waals surface area contributed by atoms with Crippen molar-refractivity contribution in [1.82, 2.24) is 10.0 Å². The number of benzene rings is 2. The molecule has 134 valence electrons. The summed E-state index contributed by atoms with van der Waals surface area (Å²) in [6.45, 7) is 3.60. The topological polar surface area (TPSA) is 87.3 Å². The fourth-order valence-corrected chi connectivity index (χ4v) is 3.34. The van der Waals surface area contributed by atoms with Gasteiger partial charge < -0.3 is 10.6 Å². The number of urea groups is 1. The SMILES string of the molecule is CNS(=O)(=O)c1ccc(C)c(NC(=O)NC(C)c2ccccc2Cl)c1. The zero-order valence-corrected chi connectivity index (χ0v) is 15.7. The van der Waals surface area contributed by atoms with Crippen molar-refractivity contribution in [2.75, 3.05) is 12.4 Å². The number of carbonyl (C=O) groups excluding carboxylic acids is 1. The highest BCUT2D eigenvalue weighted by Crippen LogP contribution is 2.23. The lowest BCUT2D eigenvalue weighted by molar-refractivity contribution is 0.249. The van der Waals surface area contributed by atoms with Gasteiger partial charge in [-0.1, -0.05) is 35.9 Å². The first-order valence-electron chi connectivity index (χ1n) is 7.60. The molecule has 0 saturated heterocycles. The number of hydrogen-bond acceptors (Lipinski definition) is 3. The Kier molecular flexibility index (Phi) is 6.05. The molecule has 0 aliphatic heterocycles. The molecule has 2 amide bonds. The van der Waals surface area contributed by atoms with E-state index in [0.717, 1.165) is 11.1 Å². The van der Waals surface area contributed by atoms with Crippen molar-refractivity contribution in [2.45, 2.75) is 24.8 Å². The maximum Gasteiger partial charge on any atom is 0.319 e. The van der Waals surface area contributed by atoms with Crippen molar-refractivity contribution in [3.05, 3.63) is 58.6 Å². The van der Waals surface area contributed by atoms with Crippen LogP contribution in [-0.4, -0.2) is 21.5 Å². The average molecular weight is 382 g/mol. The highest BCUT2D eigenvalue weighted by atomic mass is 35.5. The van der Waals surface area contributed by atoms with Gasteiger partial charge in [0.25, 0.3) is 0 Å². The molecule has 0 heterocycles. The molecule has 1 unspecified atom stereocenters. The summed E-state index contributed by atoms with van der Waals surface area (Å²) in [7, 11) is -2.25. The second kappa shape index (κ2) is 7.86. The van der Waals surface area contributed by atoms with E-state index in [9.17, 15) is 13.2 Å². The number of anilines is 1. The second-order valence-electron chi connectivity index (χ2n) is 5.53. The Bertz CT molecular complexity index is 884. The van der Waals surface area contributed by atoms with Crippen LogP contribution >= 0.6 is 11.6 Å². The van der Waals surface area contributed by atoms with Crippen molar-refractivity contribution in [1.29, 1.82) is 0 Å². The quantitative estimate of drug-likeness (QED) is 0.741. The van der Waals surface area contributed by atoms with Crippen molar-refractivity contribution in [2.24, 2.45) is 0 Å². The largest absolute Gasteiger partial charge is 0.331 e. The van der Waals surface area contributed by atoms with Gasteiger partial charge in [0.1, 0.15) is 0 Å². The molecular formula is C17H20ClN3O3S. The third-order valence-electron chi connectivity index (χ3n) is 3.76. The van der Waals surface area contributed by atoms with E-state index in [-0.39, 0.29) is 10.9 Å². The van der Waals surface area contributed by atoms with Gasteiger partial charge in [-0.05, 0) is 50.2 Å². The standard InChI is InChI=1S/C17H20ClN3O3S/c1-11-8-9-13(25(23,24)19-3)10-16(11)21-17(22)20-12(2)14-6-4-5-7-15(14)18/h4-10,12,19H,1-3H3,(H2,20,21,22). The molecule has 2 aromatic rings. The molecule has 0 aromatic heterocycles. The number of aryl methyl sites for hydroxylation is 1. The highest BCUT2D eigenvalue weighted by Gasteiger charge is 2.16. The normalized spacial score (nSPS) is 12.5. The maximum atomic E-state index is 12.3. The minimum Gasteiger partial charge on any atom is -0.331 e. The molecule has 6 nitrogen and oxygen atoms in total. The van der Waals surface area contributed by atoms with Crippen molar-refractivity contribution < 1.29 is 13.2 Å². The zero-order valence-electron chi connectivity index (χ0n) is 14.1. The van der Waals surface area contributed by atoms with Gasteiger partial charge in [-0.25, -0.2) is 17.9 Å². The van der Waals surface area contributed by atoms with E-state index in [1.807, 2.05) is 25.1 Å². The average Bonchev–Trinajstić information content (AvgIpc) is 2.56. The Morgan fingerprint density at radius 3 is 2.48 bits per heavy atom. The Labute approximate surface area is 152 Å². The Hall–Kier alpha value is -2.09.